The van der Waals surface area contributed by atoms with Crippen molar-refractivity contribution >= 4 is 5.70 Å². The third kappa shape index (κ3) is 3.52. The summed E-state index contributed by atoms with van der Waals surface area (Å²) in [6.07, 6.45) is 1.72. The van der Waals surface area contributed by atoms with Crippen LogP contribution in [0, 0.1) is 6.92 Å². The maximum absolute atomic E-state index is 12.6. The number of benzene rings is 1. The van der Waals surface area contributed by atoms with Crippen molar-refractivity contribution in [3.8, 4) is 0 Å². The van der Waals surface area contributed by atoms with E-state index in [1.54, 1.807) is 0 Å². The van der Waals surface area contributed by atoms with Crippen molar-refractivity contribution in [2.24, 2.45) is 0 Å². The van der Waals surface area contributed by atoms with Crippen molar-refractivity contribution in [1.29, 1.82) is 0 Å². The zero-order chi connectivity index (χ0) is 20.6. The Kier molecular flexibility index (Phi) is 5.51. The van der Waals surface area contributed by atoms with Gasteiger partial charge in [-0.05, 0) is 35.8 Å². The molecule has 0 fully saturated rings. The van der Waals surface area contributed by atoms with Crippen LogP contribution in [0.3, 0.4) is 0 Å². The molecule has 28 heavy (non-hydrogen) atoms. The van der Waals surface area contributed by atoms with E-state index in [9.17, 15) is 4.79 Å². The number of aromatic nitrogens is 2. The van der Waals surface area contributed by atoms with E-state index in [1.165, 1.54) is 11.1 Å². The second kappa shape index (κ2) is 7.57. The minimum atomic E-state index is -0.133. The monoisotopic (exact) mass is 379 g/mol. The lowest BCUT2D eigenvalue weighted by Gasteiger charge is -2.35. The molecule has 2 heterocycles. The lowest BCUT2D eigenvalue weighted by molar-refractivity contribution is 0.376. The number of nitrogens with zero attached hydrogens (tertiary/aromatic N) is 3. The van der Waals surface area contributed by atoms with E-state index in [0.29, 0.717) is 11.5 Å². The molecule has 0 radical (unpaired) electrons. The topological polar surface area (TPSA) is 38.1 Å². The van der Waals surface area contributed by atoms with Crippen molar-refractivity contribution in [1.82, 2.24) is 14.5 Å². The third-order valence-electron chi connectivity index (χ3n) is 6.48. The van der Waals surface area contributed by atoms with E-state index in [4.69, 9.17) is 0 Å². The van der Waals surface area contributed by atoms with Crippen LogP contribution in [0.1, 0.15) is 68.2 Å². The van der Waals surface area contributed by atoms with Crippen LogP contribution in [0.25, 0.3) is 5.70 Å². The van der Waals surface area contributed by atoms with Gasteiger partial charge in [-0.15, -0.1) is 0 Å². The first kappa shape index (κ1) is 20.4. The Hall–Kier alpha value is -2.36. The molecule has 0 aliphatic carbocycles. The highest BCUT2D eigenvalue weighted by Gasteiger charge is 2.30. The van der Waals surface area contributed by atoms with Crippen LogP contribution in [-0.2, 0) is 18.4 Å². The zero-order valence-electron chi connectivity index (χ0n) is 18.2. The van der Waals surface area contributed by atoms with E-state index in [1.807, 2.05) is 14.0 Å². The fourth-order valence-electron chi connectivity index (χ4n) is 4.06. The summed E-state index contributed by atoms with van der Waals surface area (Å²) in [5.74, 6) is 1.39. The molecule has 1 aliphatic rings. The van der Waals surface area contributed by atoms with Crippen LogP contribution >= 0.6 is 0 Å². The summed E-state index contributed by atoms with van der Waals surface area (Å²) in [7, 11) is 2.03. The van der Waals surface area contributed by atoms with Crippen molar-refractivity contribution in [3.05, 3.63) is 69.4 Å². The first-order chi connectivity index (χ1) is 13.2. The Morgan fingerprint density at radius 3 is 2.43 bits per heavy atom. The highest BCUT2D eigenvalue weighted by molar-refractivity contribution is 5.62. The van der Waals surface area contributed by atoms with Crippen molar-refractivity contribution in [2.45, 2.75) is 65.3 Å². The van der Waals surface area contributed by atoms with Gasteiger partial charge in [-0.3, -0.25) is 4.79 Å². The number of likely N-dealkylation sites (N-methyl/N-ethyl adjacent to an activating group) is 1. The number of hydrogen-bond donors (Lipinski definition) is 0. The maximum Gasteiger partial charge on any atom is 0.276 e. The molecule has 4 heteroatoms. The molecule has 4 nitrogen and oxygen atoms in total. The predicted octanol–water partition coefficient (Wildman–Crippen LogP) is 4.50. The normalized spacial score (nSPS) is 16.2. The van der Waals surface area contributed by atoms with Crippen molar-refractivity contribution in [2.75, 3.05) is 13.6 Å². The lowest BCUT2D eigenvalue weighted by Crippen LogP contribution is -2.37. The summed E-state index contributed by atoms with van der Waals surface area (Å²) < 4.78 is 2.22. The van der Waals surface area contributed by atoms with Crippen LogP contribution in [0.5, 0.6) is 0 Å². The predicted molar refractivity (Wildman–Crippen MR) is 117 cm³/mol. The summed E-state index contributed by atoms with van der Waals surface area (Å²) in [4.78, 5) is 19.2. The minimum Gasteiger partial charge on any atom is -0.372 e. The molecule has 0 saturated heterocycles. The Bertz CT molecular complexity index is 940. The van der Waals surface area contributed by atoms with Crippen molar-refractivity contribution < 1.29 is 0 Å². The van der Waals surface area contributed by atoms with Crippen molar-refractivity contribution in [3.63, 3.8) is 0 Å². The van der Waals surface area contributed by atoms with E-state index in [0.717, 1.165) is 43.1 Å². The summed E-state index contributed by atoms with van der Waals surface area (Å²) in [6, 6.07) is 8.95. The largest absolute Gasteiger partial charge is 0.372 e. The number of fused-ring (bicyclic) bond motifs is 1. The van der Waals surface area contributed by atoms with E-state index in [2.05, 4.69) is 73.0 Å². The fourth-order valence-corrected chi connectivity index (χ4v) is 4.06. The van der Waals surface area contributed by atoms with E-state index >= 15 is 0 Å². The van der Waals surface area contributed by atoms with Crippen LogP contribution in [0.15, 0.2) is 35.6 Å². The summed E-state index contributed by atoms with van der Waals surface area (Å²) >= 11 is 0. The van der Waals surface area contributed by atoms with Gasteiger partial charge in [0, 0.05) is 32.1 Å². The van der Waals surface area contributed by atoms with Gasteiger partial charge in [0.05, 0.1) is 11.4 Å². The average Bonchev–Trinajstić information content (AvgIpc) is 2.68. The summed E-state index contributed by atoms with van der Waals surface area (Å²) in [5, 5.41) is 0. The van der Waals surface area contributed by atoms with Gasteiger partial charge in [0.25, 0.3) is 5.56 Å². The molecule has 1 atom stereocenters. The molecular weight excluding hydrogens is 346 g/mol. The van der Waals surface area contributed by atoms with E-state index < -0.39 is 0 Å². The van der Waals surface area contributed by atoms with Gasteiger partial charge in [-0.1, -0.05) is 58.5 Å². The second-order valence-corrected chi connectivity index (χ2v) is 8.69. The molecule has 150 valence electrons. The van der Waals surface area contributed by atoms with Gasteiger partial charge >= 0.3 is 0 Å². The molecule has 1 aromatic carbocycles. The molecule has 0 saturated carbocycles. The highest BCUT2D eigenvalue weighted by atomic mass is 16.1. The Balaban J connectivity index is 2.05. The Morgan fingerprint density at radius 2 is 1.86 bits per heavy atom. The molecule has 3 rings (SSSR count). The quantitative estimate of drug-likeness (QED) is 0.768. The van der Waals surface area contributed by atoms with Gasteiger partial charge in [0.15, 0.2) is 0 Å². The maximum atomic E-state index is 12.6. The van der Waals surface area contributed by atoms with Gasteiger partial charge in [-0.25, -0.2) is 0 Å². The molecule has 1 aliphatic heterocycles. The van der Waals surface area contributed by atoms with E-state index in [-0.39, 0.29) is 11.0 Å². The Labute approximate surface area is 168 Å². The first-order valence-corrected chi connectivity index (χ1v) is 10.3. The van der Waals surface area contributed by atoms with Crippen LogP contribution in [0.2, 0.25) is 0 Å². The second-order valence-electron chi connectivity index (χ2n) is 8.69. The van der Waals surface area contributed by atoms with Crippen LogP contribution < -0.4 is 5.56 Å². The third-order valence-corrected chi connectivity index (χ3v) is 6.48. The average molecular weight is 380 g/mol. The van der Waals surface area contributed by atoms with Gasteiger partial charge in [0.1, 0.15) is 5.82 Å². The SMILES string of the molecule is C=C1c2c(C)c(=O)nc(CC(C)(CC)c3ccc(C(C)C)cc3)n2CCN1C. The van der Waals surface area contributed by atoms with Gasteiger partial charge < -0.3 is 9.47 Å². The molecular formula is C24H33N3O. The molecule has 1 aromatic heterocycles. The molecule has 0 N–H and O–H groups in total. The standard InChI is InChI=1S/C24H33N3O/c1-8-24(6,20-11-9-19(10-12-20)16(2)3)15-21-25-23(28)17(4)22-18(5)26(7)13-14-27(21)22/h9-12,16H,5,8,13-15H2,1-4,6-7H3. The van der Waals surface area contributed by atoms with Gasteiger partial charge in [0.2, 0.25) is 0 Å². The lowest BCUT2D eigenvalue weighted by atomic mass is 9.76. The summed E-state index contributed by atoms with van der Waals surface area (Å²) in [5.41, 5.74) is 4.99. The molecule has 1 unspecified atom stereocenters. The fraction of sp³-hybridized carbons (Fsp3) is 0.500. The van der Waals surface area contributed by atoms with Gasteiger partial charge in [-0.2, -0.15) is 4.98 Å². The smallest absolute Gasteiger partial charge is 0.276 e. The molecule has 0 amide bonds. The molecule has 0 spiro atoms. The van der Waals surface area contributed by atoms with Crippen LogP contribution in [-0.4, -0.2) is 28.0 Å². The number of hydrogen-bond acceptors (Lipinski definition) is 3. The van der Waals surface area contributed by atoms with Crippen LogP contribution in [0.4, 0.5) is 0 Å². The summed E-state index contributed by atoms with van der Waals surface area (Å²) in [6.45, 7) is 16.7. The first-order valence-electron chi connectivity index (χ1n) is 10.3. The number of rotatable bonds is 5. The molecule has 2 aromatic rings. The minimum absolute atomic E-state index is 0.0738. The highest BCUT2D eigenvalue weighted by Crippen LogP contribution is 2.33. The molecule has 0 bridgehead atoms. The zero-order valence-corrected chi connectivity index (χ0v) is 18.2. The Morgan fingerprint density at radius 1 is 1.21 bits per heavy atom.